The van der Waals surface area contributed by atoms with Gasteiger partial charge in [0.2, 0.25) is 5.91 Å². The lowest BCUT2D eigenvalue weighted by Crippen LogP contribution is -2.23. The molecule has 0 bridgehead atoms. The number of H-pyrrole nitrogens is 1. The standard InChI is InChI=1S/C27H27N3O4S2/c1-5-34-26(33)19-10-12-20(13-11-19)28-23(31)16(4)36-27-29-24(32)22-21(14-35-25(22)30-27)18-8-6-17(7-9-18)15(2)3/h6-16H,5H2,1-4H3,(H,28,31)(H,29,30,32). The van der Waals surface area contributed by atoms with Crippen LogP contribution in [0.3, 0.4) is 0 Å². The van der Waals surface area contributed by atoms with E-state index in [1.165, 1.54) is 28.7 Å². The van der Waals surface area contributed by atoms with E-state index in [2.05, 4.69) is 41.3 Å². The Bertz CT molecular complexity index is 1440. The van der Waals surface area contributed by atoms with Crippen molar-refractivity contribution in [3.8, 4) is 11.1 Å². The minimum absolute atomic E-state index is 0.228. The summed E-state index contributed by atoms with van der Waals surface area (Å²) in [6, 6.07) is 14.7. The molecule has 0 spiro atoms. The van der Waals surface area contributed by atoms with Crippen molar-refractivity contribution in [2.75, 3.05) is 11.9 Å². The molecule has 0 fully saturated rings. The molecule has 2 heterocycles. The summed E-state index contributed by atoms with van der Waals surface area (Å²) in [6.45, 7) is 8.07. The number of amides is 1. The number of ether oxygens (including phenoxy) is 1. The van der Waals surface area contributed by atoms with Crippen molar-refractivity contribution >= 4 is 50.9 Å². The zero-order chi connectivity index (χ0) is 25.8. The molecule has 0 radical (unpaired) electrons. The summed E-state index contributed by atoms with van der Waals surface area (Å²) in [4.78, 5) is 45.5. The van der Waals surface area contributed by atoms with Crippen LogP contribution in [0.4, 0.5) is 5.69 Å². The van der Waals surface area contributed by atoms with Crippen molar-refractivity contribution < 1.29 is 14.3 Å². The Morgan fingerprint density at radius 1 is 1.08 bits per heavy atom. The SMILES string of the molecule is CCOC(=O)c1ccc(NC(=O)C(C)Sc2nc3scc(-c4ccc(C(C)C)cc4)c3c(=O)[nH]2)cc1. The van der Waals surface area contributed by atoms with Crippen LogP contribution in [0, 0.1) is 0 Å². The predicted octanol–water partition coefficient (Wildman–Crippen LogP) is 6.07. The molecular formula is C27H27N3O4S2. The van der Waals surface area contributed by atoms with Crippen LogP contribution in [0.2, 0.25) is 0 Å². The number of hydrogen-bond donors (Lipinski definition) is 2. The quantitative estimate of drug-likeness (QED) is 0.166. The lowest BCUT2D eigenvalue weighted by atomic mass is 9.99. The van der Waals surface area contributed by atoms with Crippen molar-refractivity contribution in [1.29, 1.82) is 0 Å². The number of rotatable bonds is 8. The maximum absolute atomic E-state index is 13.0. The molecule has 4 rings (SSSR count). The van der Waals surface area contributed by atoms with Crippen LogP contribution in [0.5, 0.6) is 0 Å². The first kappa shape index (κ1) is 25.7. The van der Waals surface area contributed by atoms with Crippen LogP contribution in [0.15, 0.2) is 63.9 Å². The fourth-order valence-corrected chi connectivity index (χ4v) is 5.42. The van der Waals surface area contributed by atoms with Gasteiger partial charge in [-0.1, -0.05) is 49.9 Å². The van der Waals surface area contributed by atoms with Crippen LogP contribution in [0.25, 0.3) is 21.3 Å². The van der Waals surface area contributed by atoms with E-state index >= 15 is 0 Å². The van der Waals surface area contributed by atoms with E-state index in [9.17, 15) is 14.4 Å². The third-order valence-electron chi connectivity index (χ3n) is 5.63. The number of esters is 1. The average molecular weight is 522 g/mol. The van der Waals surface area contributed by atoms with Gasteiger partial charge in [-0.3, -0.25) is 9.59 Å². The van der Waals surface area contributed by atoms with E-state index in [0.29, 0.717) is 39.1 Å². The highest BCUT2D eigenvalue weighted by molar-refractivity contribution is 8.00. The molecule has 9 heteroatoms. The van der Waals surface area contributed by atoms with Gasteiger partial charge < -0.3 is 15.0 Å². The van der Waals surface area contributed by atoms with E-state index < -0.39 is 11.2 Å². The van der Waals surface area contributed by atoms with Crippen molar-refractivity contribution in [3.05, 3.63) is 75.4 Å². The molecule has 2 aromatic heterocycles. The monoisotopic (exact) mass is 521 g/mol. The van der Waals surface area contributed by atoms with Crippen LogP contribution in [0.1, 0.15) is 49.5 Å². The van der Waals surface area contributed by atoms with Gasteiger partial charge in [0, 0.05) is 16.6 Å². The van der Waals surface area contributed by atoms with Gasteiger partial charge in [-0.25, -0.2) is 9.78 Å². The summed E-state index contributed by atoms with van der Waals surface area (Å²) in [5, 5.41) is 5.19. The van der Waals surface area contributed by atoms with Gasteiger partial charge >= 0.3 is 5.97 Å². The summed E-state index contributed by atoms with van der Waals surface area (Å²) in [5.74, 6) is -0.219. The number of aromatic amines is 1. The Hall–Kier alpha value is -3.43. The Labute approximate surface area is 217 Å². The summed E-state index contributed by atoms with van der Waals surface area (Å²) < 4.78 is 4.97. The second-order valence-electron chi connectivity index (χ2n) is 8.52. The molecule has 2 N–H and O–H groups in total. The number of fused-ring (bicyclic) bond motifs is 1. The lowest BCUT2D eigenvalue weighted by Gasteiger charge is -2.12. The van der Waals surface area contributed by atoms with Gasteiger partial charge in [0.15, 0.2) is 5.16 Å². The molecule has 4 aromatic rings. The Kier molecular flexibility index (Phi) is 7.91. The largest absolute Gasteiger partial charge is 0.462 e. The summed E-state index contributed by atoms with van der Waals surface area (Å²) in [6.07, 6.45) is 0. The smallest absolute Gasteiger partial charge is 0.338 e. The fourth-order valence-electron chi connectivity index (χ4n) is 3.61. The van der Waals surface area contributed by atoms with E-state index in [1.54, 1.807) is 38.1 Å². The maximum atomic E-state index is 13.0. The topological polar surface area (TPSA) is 101 Å². The molecule has 1 unspecified atom stereocenters. The van der Waals surface area contributed by atoms with E-state index in [4.69, 9.17) is 4.74 Å². The number of thioether (sulfide) groups is 1. The number of aromatic nitrogens is 2. The maximum Gasteiger partial charge on any atom is 0.338 e. The number of anilines is 1. The zero-order valence-electron chi connectivity index (χ0n) is 20.5. The van der Waals surface area contributed by atoms with E-state index in [1.807, 2.05) is 17.5 Å². The molecular weight excluding hydrogens is 494 g/mol. The van der Waals surface area contributed by atoms with Crippen LogP contribution in [-0.4, -0.2) is 33.7 Å². The highest BCUT2D eigenvalue weighted by atomic mass is 32.2. The highest BCUT2D eigenvalue weighted by Gasteiger charge is 2.19. The van der Waals surface area contributed by atoms with Gasteiger partial charge in [-0.2, -0.15) is 0 Å². The number of hydrogen-bond acceptors (Lipinski definition) is 7. The lowest BCUT2D eigenvalue weighted by molar-refractivity contribution is -0.115. The fraction of sp³-hybridized carbons (Fsp3) is 0.259. The normalized spacial score (nSPS) is 12.0. The minimum atomic E-state index is -0.515. The van der Waals surface area contributed by atoms with E-state index in [0.717, 1.165) is 11.1 Å². The molecule has 7 nitrogen and oxygen atoms in total. The Morgan fingerprint density at radius 3 is 2.42 bits per heavy atom. The van der Waals surface area contributed by atoms with Crippen LogP contribution >= 0.6 is 23.1 Å². The highest BCUT2D eigenvalue weighted by Crippen LogP contribution is 2.33. The van der Waals surface area contributed by atoms with Crippen molar-refractivity contribution in [2.45, 2.75) is 44.0 Å². The molecule has 0 saturated heterocycles. The van der Waals surface area contributed by atoms with Crippen LogP contribution < -0.4 is 10.9 Å². The number of carbonyl (C=O) groups excluding carboxylic acids is 2. The third kappa shape index (κ3) is 5.68. The average Bonchev–Trinajstić information content (AvgIpc) is 3.29. The Morgan fingerprint density at radius 2 is 1.78 bits per heavy atom. The first-order valence-corrected chi connectivity index (χ1v) is 13.4. The molecule has 0 aliphatic rings. The molecule has 2 aromatic carbocycles. The first-order chi connectivity index (χ1) is 17.3. The predicted molar refractivity (Wildman–Crippen MR) is 146 cm³/mol. The third-order valence-corrected chi connectivity index (χ3v) is 7.49. The molecule has 0 aliphatic heterocycles. The van der Waals surface area contributed by atoms with Gasteiger partial charge in [0.25, 0.3) is 5.56 Å². The zero-order valence-corrected chi connectivity index (χ0v) is 22.1. The van der Waals surface area contributed by atoms with Gasteiger partial charge in [-0.15, -0.1) is 11.3 Å². The Balaban J connectivity index is 1.47. The second kappa shape index (κ2) is 11.1. The summed E-state index contributed by atoms with van der Waals surface area (Å²) in [5.41, 5.74) is 3.81. The number of benzene rings is 2. The number of nitrogens with zero attached hydrogens (tertiary/aromatic N) is 1. The van der Waals surface area contributed by atoms with Crippen molar-refractivity contribution in [2.24, 2.45) is 0 Å². The van der Waals surface area contributed by atoms with Crippen molar-refractivity contribution in [1.82, 2.24) is 9.97 Å². The van der Waals surface area contributed by atoms with Gasteiger partial charge in [0.05, 0.1) is 22.8 Å². The molecule has 0 aliphatic carbocycles. The summed E-state index contributed by atoms with van der Waals surface area (Å²) in [7, 11) is 0. The second-order valence-corrected chi connectivity index (χ2v) is 10.7. The van der Waals surface area contributed by atoms with Gasteiger partial charge in [-0.05, 0) is 55.2 Å². The van der Waals surface area contributed by atoms with E-state index in [-0.39, 0.29) is 11.5 Å². The van der Waals surface area contributed by atoms with Crippen LogP contribution in [-0.2, 0) is 9.53 Å². The number of nitrogens with one attached hydrogen (secondary N) is 2. The number of thiophene rings is 1. The molecule has 1 amide bonds. The molecule has 0 saturated carbocycles. The number of carbonyl (C=O) groups is 2. The molecule has 1 atom stereocenters. The van der Waals surface area contributed by atoms with Crippen molar-refractivity contribution in [3.63, 3.8) is 0 Å². The molecule has 186 valence electrons. The van der Waals surface area contributed by atoms with Gasteiger partial charge in [0.1, 0.15) is 4.83 Å². The first-order valence-electron chi connectivity index (χ1n) is 11.6. The summed E-state index contributed by atoms with van der Waals surface area (Å²) >= 11 is 2.59. The minimum Gasteiger partial charge on any atom is -0.462 e. The molecule has 36 heavy (non-hydrogen) atoms.